The molecule has 1 aliphatic heterocycles. The van der Waals surface area contributed by atoms with Crippen LogP contribution in [0, 0.1) is 0 Å². The van der Waals surface area contributed by atoms with Crippen LogP contribution in [0.5, 0.6) is 0 Å². The molecule has 1 heterocycles. The molecule has 2 atom stereocenters. The fourth-order valence-corrected chi connectivity index (χ4v) is 3.59. The standard InChI is InChI=1S/C18H26N2O3/c1-22-16-5-3-2-4-14-7-6-13(10-15(14)16)11-20-8-9-23-17(12-20)18(19)21/h6-7,10,16-17H,2-5,8-9,11-12H2,1H3,(H2,19,21). The van der Waals surface area contributed by atoms with Crippen molar-refractivity contribution in [2.75, 3.05) is 26.8 Å². The maximum atomic E-state index is 11.3. The first-order valence-corrected chi connectivity index (χ1v) is 8.45. The number of fused-ring (bicyclic) bond motifs is 1. The van der Waals surface area contributed by atoms with E-state index in [1.165, 1.54) is 29.5 Å². The maximum Gasteiger partial charge on any atom is 0.247 e. The number of hydrogen-bond acceptors (Lipinski definition) is 4. The van der Waals surface area contributed by atoms with Gasteiger partial charge in [-0.2, -0.15) is 0 Å². The monoisotopic (exact) mass is 318 g/mol. The van der Waals surface area contributed by atoms with E-state index in [1.807, 2.05) is 0 Å². The Morgan fingerprint density at radius 3 is 3.09 bits per heavy atom. The van der Waals surface area contributed by atoms with Gasteiger partial charge in [-0.25, -0.2) is 0 Å². The highest BCUT2D eigenvalue weighted by Gasteiger charge is 2.25. The molecule has 126 valence electrons. The zero-order valence-corrected chi connectivity index (χ0v) is 13.8. The van der Waals surface area contributed by atoms with Crippen molar-refractivity contribution < 1.29 is 14.3 Å². The Morgan fingerprint density at radius 1 is 1.43 bits per heavy atom. The Hall–Kier alpha value is -1.43. The number of hydrogen-bond donors (Lipinski definition) is 1. The van der Waals surface area contributed by atoms with Crippen molar-refractivity contribution in [2.45, 2.75) is 44.4 Å². The molecular formula is C18H26N2O3. The lowest BCUT2D eigenvalue weighted by Gasteiger charge is -2.31. The third-order valence-corrected chi connectivity index (χ3v) is 4.88. The average molecular weight is 318 g/mol. The summed E-state index contributed by atoms with van der Waals surface area (Å²) in [6.07, 6.45) is 4.39. The predicted molar refractivity (Wildman–Crippen MR) is 88.0 cm³/mol. The number of methoxy groups -OCH3 is 1. The Bertz CT molecular complexity index is 561. The molecule has 23 heavy (non-hydrogen) atoms. The number of ether oxygens (including phenoxy) is 2. The summed E-state index contributed by atoms with van der Waals surface area (Å²) in [4.78, 5) is 13.6. The number of nitrogens with zero attached hydrogens (tertiary/aromatic N) is 1. The van der Waals surface area contributed by atoms with Crippen LogP contribution in [0.2, 0.25) is 0 Å². The van der Waals surface area contributed by atoms with Crippen LogP contribution in [0.3, 0.4) is 0 Å². The van der Waals surface area contributed by atoms with E-state index in [0.717, 1.165) is 25.9 Å². The second-order valence-electron chi connectivity index (χ2n) is 6.50. The Kier molecular flexibility index (Phi) is 5.30. The molecule has 2 unspecified atom stereocenters. The summed E-state index contributed by atoms with van der Waals surface area (Å²) >= 11 is 0. The zero-order chi connectivity index (χ0) is 16.2. The SMILES string of the molecule is COC1CCCCc2ccc(CN3CCOC(C(N)=O)C3)cc21. The first-order chi connectivity index (χ1) is 11.2. The summed E-state index contributed by atoms with van der Waals surface area (Å²) < 4.78 is 11.1. The molecule has 1 saturated heterocycles. The number of carbonyl (C=O) groups is 1. The van der Waals surface area contributed by atoms with Gasteiger partial charge in [0.15, 0.2) is 0 Å². The lowest BCUT2D eigenvalue weighted by atomic mass is 9.98. The number of benzene rings is 1. The normalized spacial score (nSPS) is 25.6. The van der Waals surface area contributed by atoms with E-state index in [2.05, 4.69) is 23.1 Å². The summed E-state index contributed by atoms with van der Waals surface area (Å²) in [5.74, 6) is -0.379. The zero-order valence-electron chi connectivity index (χ0n) is 13.8. The van der Waals surface area contributed by atoms with E-state index in [9.17, 15) is 4.79 Å². The third kappa shape index (κ3) is 3.91. The van der Waals surface area contributed by atoms with Crippen molar-refractivity contribution >= 4 is 5.91 Å². The summed E-state index contributed by atoms with van der Waals surface area (Å²) in [7, 11) is 1.80. The smallest absolute Gasteiger partial charge is 0.247 e. The van der Waals surface area contributed by atoms with Crippen LogP contribution in [0.4, 0.5) is 0 Å². The van der Waals surface area contributed by atoms with Crippen LogP contribution < -0.4 is 5.73 Å². The van der Waals surface area contributed by atoms with Gasteiger partial charge in [0.25, 0.3) is 0 Å². The molecule has 2 N–H and O–H groups in total. The fraction of sp³-hybridized carbons (Fsp3) is 0.611. The predicted octanol–water partition coefficient (Wildman–Crippen LogP) is 1.79. The van der Waals surface area contributed by atoms with Crippen molar-refractivity contribution in [1.29, 1.82) is 0 Å². The van der Waals surface area contributed by atoms with Gasteiger partial charge in [0, 0.05) is 26.7 Å². The first-order valence-electron chi connectivity index (χ1n) is 8.45. The molecule has 3 rings (SSSR count). The molecule has 1 fully saturated rings. The highest BCUT2D eigenvalue weighted by atomic mass is 16.5. The molecule has 2 aliphatic rings. The molecule has 1 aromatic rings. The molecule has 5 heteroatoms. The van der Waals surface area contributed by atoms with Crippen LogP contribution in [0.1, 0.15) is 42.1 Å². The highest BCUT2D eigenvalue weighted by Crippen LogP contribution is 2.32. The van der Waals surface area contributed by atoms with Gasteiger partial charge in [-0.15, -0.1) is 0 Å². The highest BCUT2D eigenvalue weighted by molar-refractivity contribution is 5.79. The van der Waals surface area contributed by atoms with E-state index < -0.39 is 6.10 Å². The van der Waals surface area contributed by atoms with Crippen molar-refractivity contribution in [3.05, 3.63) is 34.9 Å². The van der Waals surface area contributed by atoms with Crippen LogP contribution >= 0.6 is 0 Å². The number of nitrogens with two attached hydrogens (primary N) is 1. The quantitative estimate of drug-likeness (QED) is 0.860. The fourth-order valence-electron chi connectivity index (χ4n) is 3.59. The van der Waals surface area contributed by atoms with E-state index >= 15 is 0 Å². The number of carbonyl (C=O) groups excluding carboxylic acids is 1. The summed E-state index contributed by atoms with van der Waals surface area (Å²) in [6.45, 7) is 2.77. The second kappa shape index (κ2) is 7.43. The van der Waals surface area contributed by atoms with E-state index in [1.54, 1.807) is 7.11 Å². The van der Waals surface area contributed by atoms with Crippen LogP contribution in [-0.2, 0) is 27.2 Å². The van der Waals surface area contributed by atoms with Crippen molar-refractivity contribution in [1.82, 2.24) is 4.90 Å². The lowest BCUT2D eigenvalue weighted by Crippen LogP contribution is -2.47. The first kappa shape index (κ1) is 16.4. The number of primary amides is 1. The molecule has 5 nitrogen and oxygen atoms in total. The van der Waals surface area contributed by atoms with Crippen molar-refractivity contribution in [3.8, 4) is 0 Å². The van der Waals surface area contributed by atoms with Crippen molar-refractivity contribution in [2.24, 2.45) is 5.73 Å². The number of morpholine rings is 1. The van der Waals surface area contributed by atoms with E-state index in [4.69, 9.17) is 15.2 Å². The number of rotatable bonds is 4. The number of aryl methyl sites for hydroxylation is 1. The van der Waals surface area contributed by atoms with E-state index in [0.29, 0.717) is 13.2 Å². The number of amides is 1. The van der Waals surface area contributed by atoms with Gasteiger partial charge in [0.2, 0.25) is 5.91 Å². The van der Waals surface area contributed by atoms with Crippen molar-refractivity contribution in [3.63, 3.8) is 0 Å². The minimum Gasteiger partial charge on any atom is -0.377 e. The van der Waals surface area contributed by atoms with Gasteiger partial charge in [-0.1, -0.05) is 24.6 Å². The molecule has 0 radical (unpaired) electrons. The maximum absolute atomic E-state index is 11.3. The molecule has 0 spiro atoms. The lowest BCUT2D eigenvalue weighted by molar-refractivity contribution is -0.135. The summed E-state index contributed by atoms with van der Waals surface area (Å²) in [5, 5.41) is 0. The van der Waals surface area contributed by atoms with E-state index in [-0.39, 0.29) is 12.0 Å². The molecule has 1 amide bonds. The van der Waals surface area contributed by atoms with Gasteiger partial charge in [-0.05, 0) is 36.0 Å². The molecule has 0 saturated carbocycles. The van der Waals surface area contributed by atoms with Crippen LogP contribution in [0.25, 0.3) is 0 Å². The Labute approximate surface area is 137 Å². The molecule has 0 bridgehead atoms. The molecule has 1 aliphatic carbocycles. The van der Waals surface area contributed by atoms with Gasteiger partial charge in [-0.3, -0.25) is 9.69 Å². The van der Waals surface area contributed by atoms with Gasteiger partial charge >= 0.3 is 0 Å². The minimum atomic E-state index is -0.490. The van der Waals surface area contributed by atoms with Crippen LogP contribution in [0.15, 0.2) is 18.2 Å². The van der Waals surface area contributed by atoms with Gasteiger partial charge < -0.3 is 15.2 Å². The topological polar surface area (TPSA) is 64.8 Å². The molecule has 1 aromatic carbocycles. The van der Waals surface area contributed by atoms with Gasteiger partial charge in [0.1, 0.15) is 6.10 Å². The average Bonchev–Trinajstić information content (AvgIpc) is 2.76. The Balaban J connectivity index is 1.73. The largest absolute Gasteiger partial charge is 0.377 e. The summed E-state index contributed by atoms with van der Waals surface area (Å²) in [5.41, 5.74) is 9.37. The Morgan fingerprint density at radius 2 is 2.30 bits per heavy atom. The molecule has 0 aromatic heterocycles. The minimum absolute atomic E-state index is 0.204. The second-order valence-corrected chi connectivity index (χ2v) is 6.50. The summed E-state index contributed by atoms with van der Waals surface area (Å²) in [6, 6.07) is 6.73. The third-order valence-electron chi connectivity index (χ3n) is 4.88. The van der Waals surface area contributed by atoms with Crippen LogP contribution in [-0.4, -0.2) is 43.7 Å². The van der Waals surface area contributed by atoms with Gasteiger partial charge in [0.05, 0.1) is 12.7 Å². The molecular weight excluding hydrogens is 292 g/mol.